The van der Waals surface area contributed by atoms with Gasteiger partial charge in [-0.3, -0.25) is 0 Å². The molecule has 0 bridgehead atoms. The molecule has 1 saturated heterocycles. The van der Waals surface area contributed by atoms with Crippen molar-refractivity contribution in [3.8, 4) is 0 Å². The first-order chi connectivity index (χ1) is 7.74. The third kappa shape index (κ3) is 2.34. The Balaban J connectivity index is 0.00000108. The Kier molecular flexibility index (Phi) is 3.75. The summed E-state index contributed by atoms with van der Waals surface area (Å²) in [6, 6.07) is 0.134. The van der Waals surface area contributed by atoms with Crippen molar-refractivity contribution in [1.82, 2.24) is 9.47 Å². The van der Waals surface area contributed by atoms with E-state index in [4.69, 9.17) is 0 Å². The third-order valence-corrected chi connectivity index (χ3v) is 3.99. The number of carbonyl (C=O) groups is 1. The number of rotatable bonds is 0. The van der Waals surface area contributed by atoms with Gasteiger partial charge in [-0.25, -0.2) is 9.36 Å². The molecule has 5 heteroatoms. The van der Waals surface area contributed by atoms with Crippen LogP contribution in [0.2, 0.25) is 0 Å². The molecule has 0 aromatic carbocycles. The Morgan fingerprint density at radius 2 is 1.94 bits per heavy atom. The minimum Gasteiger partial charge on any atom is -1.00 e. The molecule has 1 saturated carbocycles. The Hall–Kier alpha value is -0.590. The van der Waals surface area contributed by atoms with E-state index in [-0.39, 0.29) is 30.0 Å². The van der Waals surface area contributed by atoms with Crippen molar-refractivity contribution in [2.75, 3.05) is 13.1 Å². The molecule has 2 fully saturated rings. The second-order valence-electron chi connectivity index (χ2n) is 5.12. The summed E-state index contributed by atoms with van der Waals surface area (Å²) >= 11 is 0. The lowest BCUT2D eigenvalue weighted by Gasteiger charge is -2.13. The van der Waals surface area contributed by atoms with E-state index in [0.717, 1.165) is 24.9 Å². The van der Waals surface area contributed by atoms with Crippen molar-refractivity contribution in [2.45, 2.75) is 19.3 Å². The van der Waals surface area contributed by atoms with Crippen LogP contribution in [0.1, 0.15) is 19.3 Å². The average Bonchev–Trinajstić information content (AvgIpc) is 2.89. The summed E-state index contributed by atoms with van der Waals surface area (Å²) in [5, 5.41) is 0. The molecule has 1 aromatic rings. The number of imidazole rings is 1. The zero-order chi connectivity index (χ0) is 11.1. The average molecular weight is 347 g/mol. The summed E-state index contributed by atoms with van der Waals surface area (Å²) in [5.41, 5.74) is 0. The number of hydrogen-bond acceptors (Lipinski definition) is 1. The number of hydrogen-bond donors (Lipinski definition) is 0. The number of likely N-dealkylation sites (tertiary alicyclic amines) is 1. The zero-order valence-electron chi connectivity index (χ0n) is 10.1. The van der Waals surface area contributed by atoms with Gasteiger partial charge in [0.15, 0.2) is 0 Å². The van der Waals surface area contributed by atoms with Crippen LogP contribution >= 0.6 is 0 Å². The summed E-state index contributed by atoms with van der Waals surface area (Å²) in [6.45, 7) is 1.93. The summed E-state index contributed by atoms with van der Waals surface area (Å²) in [7, 11) is 1.93. The van der Waals surface area contributed by atoms with E-state index in [1.165, 1.54) is 19.3 Å². The van der Waals surface area contributed by atoms with Crippen LogP contribution in [0.25, 0.3) is 0 Å². The molecule has 2 atom stereocenters. The number of halogens is 1. The van der Waals surface area contributed by atoms with Gasteiger partial charge >= 0.3 is 6.03 Å². The molecule has 2 aliphatic rings. The van der Waals surface area contributed by atoms with E-state index in [1.807, 2.05) is 35.2 Å². The minimum absolute atomic E-state index is 0. The van der Waals surface area contributed by atoms with Crippen molar-refractivity contribution in [1.29, 1.82) is 0 Å². The fraction of sp³-hybridized carbons (Fsp3) is 0.667. The molecule has 2 unspecified atom stereocenters. The van der Waals surface area contributed by atoms with Crippen molar-refractivity contribution < 1.29 is 33.3 Å². The molecular formula is C12H18IN3O. The van der Waals surface area contributed by atoms with Gasteiger partial charge in [0.05, 0.1) is 7.05 Å². The van der Waals surface area contributed by atoms with E-state index in [9.17, 15) is 4.79 Å². The van der Waals surface area contributed by atoms with Crippen molar-refractivity contribution in [3.05, 3.63) is 18.7 Å². The second-order valence-corrected chi connectivity index (χ2v) is 5.12. The zero-order valence-corrected chi connectivity index (χ0v) is 12.2. The van der Waals surface area contributed by atoms with Crippen molar-refractivity contribution in [2.24, 2.45) is 18.9 Å². The van der Waals surface area contributed by atoms with Crippen molar-refractivity contribution in [3.63, 3.8) is 0 Å². The molecule has 1 amide bonds. The van der Waals surface area contributed by atoms with Crippen LogP contribution in [0.4, 0.5) is 4.79 Å². The lowest BCUT2D eigenvalue weighted by Crippen LogP contribution is -3.00. The molecule has 94 valence electrons. The highest BCUT2D eigenvalue weighted by Crippen LogP contribution is 2.37. The maximum absolute atomic E-state index is 12.2. The minimum atomic E-state index is 0. The summed E-state index contributed by atoms with van der Waals surface area (Å²) in [6.07, 6.45) is 9.54. The molecule has 0 spiro atoms. The van der Waals surface area contributed by atoms with Gasteiger partial charge in [-0.2, -0.15) is 4.57 Å². The van der Waals surface area contributed by atoms with E-state index in [0.29, 0.717) is 0 Å². The fourth-order valence-corrected chi connectivity index (χ4v) is 3.12. The van der Waals surface area contributed by atoms with Gasteiger partial charge in [-0.15, -0.1) is 0 Å². The summed E-state index contributed by atoms with van der Waals surface area (Å²) in [4.78, 5) is 14.2. The summed E-state index contributed by atoms with van der Waals surface area (Å²) in [5.74, 6) is 1.54. The van der Waals surface area contributed by atoms with E-state index < -0.39 is 0 Å². The monoisotopic (exact) mass is 347 g/mol. The number of nitrogens with zero attached hydrogens (tertiary/aromatic N) is 3. The Morgan fingerprint density at radius 3 is 2.47 bits per heavy atom. The molecule has 3 rings (SSSR count). The first-order valence-corrected chi connectivity index (χ1v) is 6.06. The standard InChI is InChI=1S/C12H18N3O.HI/c1-13-5-6-14(9-13)12(16)15-7-10-3-2-4-11(10)8-15;/h5-6,9-11H,2-4,7-8H2,1H3;1H/q+1;/p-1. The first-order valence-electron chi connectivity index (χ1n) is 6.06. The maximum atomic E-state index is 12.2. The van der Waals surface area contributed by atoms with Gasteiger partial charge < -0.3 is 28.9 Å². The van der Waals surface area contributed by atoms with Crippen LogP contribution in [-0.2, 0) is 7.05 Å². The Bertz CT molecular complexity index is 406. The molecular weight excluding hydrogens is 329 g/mol. The van der Waals surface area contributed by atoms with Gasteiger partial charge in [0.2, 0.25) is 0 Å². The lowest BCUT2D eigenvalue weighted by molar-refractivity contribution is -0.670. The predicted molar refractivity (Wildman–Crippen MR) is 58.8 cm³/mol. The fourth-order valence-electron chi connectivity index (χ4n) is 3.12. The van der Waals surface area contributed by atoms with Gasteiger partial charge in [-0.1, -0.05) is 6.42 Å². The van der Waals surface area contributed by atoms with E-state index in [1.54, 1.807) is 4.57 Å². The molecule has 0 N–H and O–H groups in total. The van der Waals surface area contributed by atoms with E-state index >= 15 is 0 Å². The molecule has 4 nitrogen and oxygen atoms in total. The smallest absolute Gasteiger partial charge is 0.415 e. The van der Waals surface area contributed by atoms with Gasteiger partial charge in [0, 0.05) is 13.1 Å². The SMILES string of the molecule is C[n+]1ccn(C(=O)N2CC3CCCC3C2)c1.[I-]. The molecule has 1 aliphatic carbocycles. The topological polar surface area (TPSA) is 29.1 Å². The number of aryl methyl sites for hydroxylation is 1. The van der Waals surface area contributed by atoms with Gasteiger partial charge in [-0.05, 0) is 24.7 Å². The highest BCUT2D eigenvalue weighted by molar-refractivity contribution is 5.76. The highest BCUT2D eigenvalue weighted by Gasteiger charge is 2.39. The van der Waals surface area contributed by atoms with Crippen LogP contribution in [-0.4, -0.2) is 28.6 Å². The van der Waals surface area contributed by atoms with Crippen LogP contribution < -0.4 is 28.5 Å². The Labute approximate surface area is 119 Å². The number of aromatic nitrogens is 2. The largest absolute Gasteiger partial charge is 1.00 e. The quantitative estimate of drug-likeness (QED) is 0.395. The number of amides is 1. The third-order valence-electron chi connectivity index (χ3n) is 3.99. The normalized spacial score (nSPS) is 26.8. The molecule has 17 heavy (non-hydrogen) atoms. The van der Waals surface area contributed by atoms with Crippen LogP contribution in [0, 0.1) is 11.8 Å². The van der Waals surface area contributed by atoms with Crippen LogP contribution in [0.3, 0.4) is 0 Å². The Morgan fingerprint density at radius 1 is 1.29 bits per heavy atom. The molecule has 0 radical (unpaired) electrons. The maximum Gasteiger partial charge on any atom is 0.415 e. The first kappa shape index (κ1) is 12.9. The second kappa shape index (κ2) is 4.96. The number of fused-ring (bicyclic) bond motifs is 1. The van der Waals surface area contributed by atoms with Crippen LogP contribution in [0.5, 0.6) is 0 Å². The lowest BCUT2D eigenvalue weighted by atomic mass is 10.0. The predicted octanol–water partition coefficient (Wildman–Crippen LogP) is -1.98. The van der Waals surface area contributed by atoms with Crippen LogP contribution in [0.15, 0.2) is 18.7 Å². The van der Waals surface area contributed by atoms with Gasteiger partial charge in [0.1, 0.15) is 12.4 Å². The summed E-state index contributed by atoms with van der Waals surface area (Å²) < 4.78 is 3.58. The van der Waals surface area contributed by atoms with Crippen molar-refractivity contribution >= 4 is 6.03 Å². The van der Waals surface area contributed by atoms with Gasteiger partial charge in [0.25, 0.3) is 6.33 Å². The van der Waals surface area contributed by atoms with E-state index in [2.05, 4.69) is 0 Å². The number of carbonyl (C=O) groups excluding carboxylic acids is 1. The molecule has 2 heterocycles. The molecule has 1 aliphatic heterocycles. The highest BCUT2D eigenvalue weighted by atomic mass is 127. The molecule has 1 aromatic heterocycles.